The molecule has 1 rings (SSSR count). The van der Waals surface area contributed by atoms with Crippen molar-refractivity contribution in [3.05, 3.63) is 29.8 Å². The van der Waals surface area contributed by atoms with Crippen LogP contribution in [-0.2, 0) is 25.6 Å². The minimum absolute atomic E-state index is 0.00469. The van der Waals surface area contributed by atoms with Crippen LogP contribution in [-0.4, -0.2) is 82.1 Å². The van der Waals surface area contributed by atoms with Gasteiger partial charge in [0.2, 0.25) is 17.7 Å². The van der Waals surface area contributed by atoms with Crippen molar-refractivity contribution in [3.8, 4) is 5.75 Å². The summed E-state index contributed by atoms with van der Waals surface area (Å²) in [5.41, 5.74) is 11.8. The normalized spacial score (nSPS) is 14.4. The lowest BCUT2D eigenvalue weighted by molar-refractivity contribution is -0.142. The molecule has 1 aromatic rings. The van der Waals surface area contributed by atoms with Crippen LogP contribution in [0.4, 0.5) is 0 Å². The van der Waals surface area contributed by atoms with Crippen molar-refractivity contribution >= 4 is 36.3 Å². The molecule has 0 saturated heterocycles. The van der Waals surface area contributed by atoms with Crippen LogP contribution < -0.4 is 27.4 Å². The van der Waals surface area contributed by atoms with Crippen molar-refractivity contribution < 1.29 is 34.5 Å². The summed E-state index contributed by atoms with van der Waals surface area (Å²) in [5, 5.41) is 35.3. The zero-order valence-corrected chi connectivity index (χ0v) is 19.5. The highest BCUT2D eigenvalue weighted by molar-refractivity contribution is 7.80. The van der Waals surface area contributed by atoms with E-state index in [4.69, 9.17) is 11.5 Å². The van der Waals surface area contributed by atoms with E-state index < -0.39 is 54.5 Å². The van der Waals surface area contributed by atoms with Crippen LogP contribution in [0.5, 0.6) is 5.75 Å². The largest absolute Gasteiger partial charge is 0.508 e. The predicted molar refractivity (Wildman–Crippen MR) is 127 cm³/mol. The van der Waals surface area contributed by atoms with Gasteiger partial charge in [-0.05, 0) is 37.1 Å². The van der Waals surface area contributed by atoms with Crippen LogP contribution in [0.1, 0.15) is 24.8 Å². The molecule has 3 amide bonds. The maximum atomic E-state index is 12.5. The number of thiol groups is 1. The average Bonchev–Trinajstić information content (AvgIpc) is 2.81. The number of phenols is 1. The summed E-state index contributed by atoms with van der Waals surface area (Å²) < 4.78 is 0. The molecule has 190 valence electrons. The second-order valence-corrected chi connectivity index (χ2v) is 8.01. The highest BCUT2D eigenvalue weighted by Crippen LogP contribution is 2.11. The molecule has 0 heterocycles. The Bertz CT molecular complexity index is 824. The third kappa shape index (κ3) is 9.95. The number of aliphatic hydroxyl groups is 1. The number of carbonyl (C=O) groups is 4. The standard InChI is InChI=1S/C21H33N5O7S/c22-8-2-1-3-14(23)18(29)26-17(11-34)20(31)25-16(10-27)19(30)24-15(21(32)33)9-12-4-6-13(28)7-5-12/h4-7,14-17,27-28,34H,1-3,8-11,22-23H2,(H,24,30)(H,25,31)(H,26,29)(H,32,33). The zero-order valence-electron chi connectivity index (χ0n) is 18.6. The molecular weight excluding hydrogens is 466 g/mol. The lowest BCUT2D eigenvalue weighted by Gasteiger charge is -2.23. The lowest BCUT2D eigenvalue weighted by Crippen LogP contribution is -2.58. The van der Waals surface area contributed by atoms with Gasteiger partial charge < -0.3 is 42.7 Å². The number of nitrogens with one attached hydrogen (secondary N) is 3. The number of hydrogen-bond donors (Lipinski definition) is 9. The number of aliphatic hydroxyl groups excluding tert-OH is 1. The van der Waals surface area contributed by atoms with Gasteiger partial charge in [0.05, 0.1) is 12.6 Å². The molecule has 0 aromatic heterocycles. The number of phenolic OH excluding ortho intramolecular Hbond substituents is 1. The van der Waals surface area contributed by atoms with E-state index in [1.807, 2.05) is 0 Å². The van der Waals surface area contributed by atoms with Gasteiger partial charge in [-0.2, -0.15) is 12.6 Å². The van der Waals surface area contributed by atoms with Crippen LogP contribution in [0.2, 0.25) is 0 Å². The van der Waals surface area contributed by atoms with Gasteiger partial charge in [-0.15, -0.1) is 0 Å². The van der Waals surface area contributed by atoms with Gasteiger partial charge in [-0.1, -0.05) is 18.6 Å². The lowest BCUT2D eigenvalue weighted by atomic mass is 10.1. The summed E-state index contributed by atoms with van der Waals surface area (Å²) in [6.45, 7) is -0.340. The first-order valence-electron chi connectivity index (χ1n) is 10.7. The summed E-state index contributed by atoms with van der Waals surface area (Å²) in [4.78, 5) is 48.9. The molecule has 12 nitrogen and oxygen atoms in total. The minimum atomic E-state index is -1.47. The van der Waals surface area contributed by atoms with Gasteiger partial charge in [0.15, 0.2) is 0 Å². The Labute approximate surface area is 202 Å². The molecule has 4 unspecified atom stereocenters. The predicted octanol–water partition coefficient (Wildman–Crippen LogP) is -2.15. The molecule has 1 aromatic carbocycles. The molecule has 0 saturated carbocycles. The first-order valence-corrected chi connectivity index (χ1v) is 11.3. The maximum absolute atomic E-state index is 12.5. The van der Waals surface area contributed by atoms with E-state index in [2.05, 4.69) is 28.6 Å². The van der Waals surface area contributed by atoms with E-state index in [1.54, 1.807) is 0 Å². The van der Waals surface area contributed by atoms with Crippen LogP contribution >= 0.6 is 12.6 Å². The SMILES string of the molecule is NCCCCC(N)C(=O)NC(CS)C(=O)NC(CO)C(=O)NC(Cc1ccc(O)cc1)C(=O)O. The second kappa shape index (κ2) is 15.1. The first kappa shape index (κ1) is 29.2. The van der Waals surface area contributed by atoms with Crippen LogP contribution in [0.15, 0.2) is 24.3 Å². The van der Waals surface area contributed by atoms with E-state index in [-0.39, 0.29) is 17.9 Å². The van der Waals surface area contributed by atoms with Gasteiger partial charge >= 0.3 is 5.97 Å². The molecule has 34 heavy (non-hydrogen) atoms. The Morgan fingerprint density at radius 1 is 0.912 bits per heavy atom. The molecule has 0 bridgehead atoms. The Morgan fingerprint density at radius 3 is 2.00 bits per heavy atom. The number of unbranched alkanes of at least 4 members (excludes halogenated alkanes) is 1. The van der Waals surface area contributed by atoms with Gasteiger partial charge in [0.1, 0.15) is 23.9 Å². The molecule has 0 spiro atoms. The number of carboxylic acid groups (broad SMARTS) is 1. The Balaban J connectivity index is 2.73. The number of nitrogens with two attached hydrogens (primary N) is 2. The van der Waals surface area contributed by atoms with Gasteiger partial charge in [-0.3, -0.25) is 14.4 Å². The summed E-state index contributed by atoms with van der Waals surface area (Å²) in [7, 11) is 0. The molecule has 4 atom stereocenters. The number of aromatic hydroxyl groups is 1. The van der Waals surface area contributed by atoms with Crippen LogP contribution in [0, 0.1) is 0 Å². The highest BCUT2D eigenvalue weighted by atomic mass is 32.1. The summed E-state index contributed by atoms with van der Waals surface area (Å²) in [6, 6.07) is 0.959. The molecule has 0 fully saturated rings. The monoisotopic (exact) mass is 499 g/mol. The third-order valence-electron chi connectivity index (χ3n) is 4.93. The van der Waals surface area contributed by atoms with E-state index in [9.17, 15) is 34.5 Å². The second-order valence-electron chi connectivity index (χ2n) is 7.65. The fourth-order valence-corrected chi connectivity index (χ4v) is 3.18. The fourth-order valence-electron chi connectivity index (χ4n) is 2.92. The summed E-state index contributed by atoms with van der Waals surface area (Å²) >= 11 is 4.04. The maximum Gasteiger partial charge on any atom is 0.326 e. The molecular formula is C21H33N5O7S. The van der Waals surface area contributed by atoms with Crippen LogP contribution in [0.3, 0.4) is 0 Å². The van der Waals surface area contributed by atoms with E-state index in [1.165, 1.54) is 24.3 Å². The van der Waals surface area contributed by atoms with Crippen molar-refractivity contribution in [3.63, 3.8) is 0 Å². The van der Waals surface area contributed by atoms with Gasteiger partial charge in [0, 0.05) is 12.2 Å². The van der Waals surface area contributed by atoms with E-state index in [0.717, 1.165) is 0 Å². The molecule has 0 aliphatic heterocycles. The minimum Gasteiger partial charge on any atom is -0.508 e. The number of hydrogen-bond acceptors (Lipinski definition) is 9. The number of aliphatic carboxylic acids is 1. The van der Waals surface area contributed by atoms with E-state index >= 15 is 0 Å². The molecule has 13 heteroatoms. The molecule has 10 N–H and O–H groups in total. The van der Waals surface area contributed by atoms with Gasteiger partial charge in [0.25, 0.3) is 0 Å². The molecule has 0 aliphatic carbocycles. The quantitative estimate of drug-likeness (QED) is 0.0948. The topological polar surface area (TPSA) is 217 Å². The Morgan fingerprint density at radius 2 is 1.47 bits per heavy atom. The van der Waals surface area contributed by atoms with Crippen molar-refractivity contribution in [1.82, 2.24) is 16.0 Å². The smallest absolute Gasteiger partial charge is 0.326 e. The van der Waals surface area contributed by atoms with E-state index in [0.29, 0.717) is 31.4 Å². The van der Waals surface area contributed by atoms with Crippen LogP contribution in [0.25, 0.3) is 0 Å². The zero-order chi connectivity index (χ0) is 25.7. The number of benzene rings is 1. The van der Waals surface area contributed by atoms with Gasteiger partial charge in [-0.25, -0.2) is 4.79 Å². The Kier molecular flexibility index (Phi) is 13.0. The molecule has 0 radical (unpaired) electrons. The number of amides is 3. The fraction of sp³-hybridized carbons (Fsp3) is 0.524. The van der Waals surface area contributed by atoms with Crippen molar-refractivity contribution in [2.24, 2.45) is 11.5 Å². The summed E-state index contributed by atoms with van der Waals surface area (Å²) in [5.74, 6) is -3.72. The van der Waals surface area contributed by atoms with Crippen molar-refractivity contribution in [1.29, 1.82) is 0 Å². The van der Waals surface area contributed by atoms with Crippen molar-refractivity contribution in [2.45, 2.75) is 49.9 Å². The first-order chi connectivity index (χ1) is 16.1. The third-order valence-corrected chi connectivity index (χ3v) is 5.29. The summed E-state index contributed by atoms with van der Waals surface area (Å²) in [6.07, 6.45) is 1.63. The Hall–Kier alpha value is -2.87. The average molecular weight is 500 g/mol. The number of carbonyl (C=O) groups excluding carboxylic acids is 3. The van der Waals surface area contributed by atoms with Crippen molar-refractivity contribution in [2.75, 3.05) is 18.9 Å². The molecule has 0 aliphatic rings. The number of rotatable bonds is 15. The number of carboxylic acids is 1. The highest BCUT2D eigenvalue weighted by Gasteiger charge is 2.29.